The van der Waals surface area contributed by atoms with Crippen molar-refractivity contribution in [3.05, 3.63) is 82.4 Å². The van der Waals surface area contributed by atoms with Gasteiger partial charge in [-0.05, 0) is 65.8 Å². The van der Waals surface area contributed by atoms with E-state index in [4.69, 9.17) is 35.2 Å². The van der Waals surface area contributed by atoms with Gasteiger partial charge in [-0.3, -0.25) is 4.99 Å². The Hall–Kier alpha value is -2.04. The van der Waals surface area contributed by atoms with E-state index in [2.05, 4.69) is 96.8 Å². The molecule has 0 saturated heterocycles. The molecule has 0 amide bonds. The van der Waals surface area contributed by atoms with Crippen LogP contribution in [0.5, 0.6) is 0 Å². The normalized spacial score (nSPS) is 12.5. The van der Waals surface area contributed by atoms with Crippen molar-refractivity contribution in [2.45, 2.75) is 92.9 Å². The van der Waals surface area contributed by atoms with Crippen LogP contribution in [0.2, 0.25) is 0 Å². The Kier molecular flexibility index (Phi) is 13.3. The monoisotopic (exact) mass is 608 g/mol. The number of hydrogen-bond donors (Lipinski definition) is 0. The Labute approximate surface area is 250 Å². The summed E-state index contributed by atoms with van der Waals surface area (Å²) in [6, 6.07) is 14.9. The number of hydrogen-bond acceptors (Lipinski definition) is 4. The van der Waals surface area contributed by atoms with Gasteiger partial charge < -0.3 is 0 Å². The number of aromatic nitrogens is 2. The molecule has 1 aromatic heterocycles. The number of nitrogens with zero attached hydrogens (tertiary/aromatic N) is 4. The Morgan fingerprint density at radius 1 is 0.641 bits per heavy atom. The van der Waals surface area contributed by atoms with Crippen molar-refractivity contribution in [3.8, 4) is 0 Å². The van der Waals surface area contributed by atoms with E-state index >= 15 is 0 Å². The van der Waals surface area contributed by atoms with Crippen molar-refractivity contribution < 1.29 is 13.1 Å². The second kappa shape index (κ2) is 15.7. The molecule has 0 aliphatic rings. The van der Waals surface area contributed by atoms with Crippen LogP contribution in [0.3, 0.4) is 0 Å². The molecule has 3 rings (SSSR count). The van der Waals surface area contributed by atoms with Crippen LogP contribution in [0.1, 0.15) is 127 Å². The molecule has 0 aliphatic heterocycles. The fourth-order valence-corrected chi connectivity index (χ4v) is 4.46. The summed E-state index contributed by atoms with van der Waals surface area (Å²) in [4.78, 5) is 19.7. The SMILES string of the molecule is CC(=Nc1c(C(C)C)cccc1C(C)C)c1ccnc(C(C)=Nc2c(C(C)C)cccc2C(C)C)n1.[Cl][Fe][Cl]. The van der Waals surface area contributed by atoms with Gasteiger partial charge in [-0.25, -0.2) is 15.0 Å². The summed E-state index contributed by atoms with van der Waals surface area (Å²) in [6.07, 6.45) is 1.81. The van der Waals surface area contributed by atoms with Crippen LogP contribution in [-0.2, 0) is 13.1 Å². The van der Waals surface area contributed by atoms with E-state index < -0.39 is 0 Å². The summed E-state index contributed by atoms with van der Waals surface area (Å²) < 4.78 is 0. The second-order valence-electron chi connectivity index (χ2n) is 10.9. The van der Waals surface area contributed by atoms with Gasteiger partial charge in [0.2, 0.25) is 0 Å². The first-order valence-corrected chi connectivity index (χ1v) is 16.5. The second-order valence-corrected chi connectivity index (χ2v) is 12.7. The summed E-state index contributed by atoms with van der Waals surface area (Å²) >= 11 is 0.194. The van der Waals surface area contributed by atoms with E-state index in [1.54, 1.807) is 0 Å². The number of rotatable bonds is 8. The Morgan fingerprint density at radius 2 is 1.00 bits per heavy atom. The van der Waals surface area contributed by atoms with Crippen molar-refractivity contribution in [3.63, 3.8) is 0 Å². The topological polar surface area (TPSA) is 50.5 Å². The van der Waals surface area contributed by atoms with Crippen molar-refractivity contribution in [1.29, 1.82) is 0 Å². The van der Waals surface area contributed by atoms with Gasteiger partial charge in [0.25, 0.3) is 0 Å². The molecule has 4 nitrogen and oxygen atoms in total. The number of aliphatic imine (C=N–C) groups is 2. The Balaban J connectivity index is 0.00000170. The number of para-hydroxylation sites is 2. The van der Waals surface area contributed by atoms with Crippen LogP contribution in [0, 0.1) is 0 Å². The van der Waals surface area contributed by atoms with Gasteiger partial charge >= 0.3 is 33.3 Å². The quantitative estimate of drug-likeness (QED) is 0.189. The van der Waals surface area contributed by atoms with E-state index in [1.807, 2.05) is 26.1 Å². The van der Waals surface area contributed by atoms with Crippen LogP contribution in [-0.4, -0.2) is 21.4 Å². The maximum atomic E-state index is 5.12. The van der Waals surface area contributed by atoms with Gasteiger partial charge in [-0.15, -0.1) is 0 Å². The van der Waals surface area contributed by atoms with Crippen molar-refractivity contribution >= 4 is 43.0 Å². The average Bonchev–Trinajstić information content (AvgIpc) is 2.88. The molecule has 0 radical (unpaired) electrons. The molecule has 2 aromatic carbocycles. The predicted molar refractivity (Wildman–Crippen MR) is 167 cm³/mol. The minimum absolute atomic E-state index is 0.194. The van der Waals surface area contributed by atoms with E-state index in [1.165, 1.54) is 22.3 Å². The van der Waals surface area contributed by atoms with Crippen LogP contribution in [0.25, 0.3) is 0 Å². The molecular weight excluding hydrogens is 567 g/mol. The van der Waals surface area contributed by atoms with Crippen LogP contribution in [0.15, 0.2) is 58.6 Å². The molecule has 0 fully saturated rings. The van der Waals surface area contributed by atoms with Crippen LogP contribution < -0.4 is 0 Å². The molecule has 0 atom stereocenters. The van der Waals surface area contributed by atoms with Gasteiger partial charge in [0.1, 0.15) is 0 Å². The van der Waals surface area contributed by atoms with Crippen molar-refractivity contribution in [2.24, 2.45) is 9.98 Å². The van der Waals surface area contributed by atoms with Gasteiger partial charge in [0.05, 0.1) is 28.5 Å². The minimum atomic E-state index is 0.194. The molecule has 1 heterocycles. The predicted octanol–water partition coefficient (Wildman–Crippen LogP) is 10.6. The molecule has 7 heteroatoms. The average molecular weight is 609 g/mol. The zero-order valence-corrected chi connectivity index (χ0v) is 27.4. The molecule has 0 N–H and O–H groups in total. The maximum absolute atomic E-state index is 5.12. The fourth-order valence-electron chi connectivity index (χ4n) is 4.46. The molecule has 0 saturated carbocycles. The van der Waals surface area contributed by atoms with E-state index in [0.717, 1.165) is 28.5 Å². The Bertz CT molecular complexity index is 1150. The zero-order valence-electron chi connectivity index (χ0n) is 24.8. The number of halogens is 2. The van der Waals surface area contributed by atoms with Gasteiger partial charge in [0.15, 0.2) is 5.82 Å². The van der Waals surface area contributed by atoms with Gasteiger partial charge in [-0.2, -0.15) is 0 Å². The third kappa shape index (κ3) is 8.98. The molecular formula is C32H42Cl2FeN4. The third-order valence-corrected chi connectivity index (χ3v) is 6.59. The van der Waals surface area contributed by atoms with Gasteiger partial charge in [-0.1, -0.05) is 91.8 Å². The van der Waals surface area contributed by atoms with Crippen LogP contribution >= 0.6 is 20.2 Å². The third-order valence-electron chi connectivity index (χ3n) is 6.59. The first-order chi connectivity index (χ1) is 18.4. The standard InChI is InChI=1S/C32H42N4.2ClH.Fe/c1-19(2)25-13-11-14-26(20(3)4)30(25)34-23(9)29-17-18-33-32(36-29)24(10)35-31-27(21(5)6)15-12-16-28(31)22(7)8;;;/h11-22H,1-10H3;2*1H;/q;;;+2/p-2. The molecule has 0 bridgehead atoms. The van der Waals surface area contributed by atoms with Gasteiger partial charge in [0, 0.05) is 6.20 Å². The van der Waals surface area contributed by atoms with E-state index in [9.17, 15) is 0 Å². The molecule has 0 spiro atoms. The zero-order chi connectivity index (χ0) is 29.3. The summed E-state index contributed by atoms with van der Waals surface area (Å²) in [7, 11) is 9.53. The first-order valence-electron chi connectivity index (χ1n) is 13.5. The summed E-state index contributed by atoms with van der Waals surface area (Å²) in [5.74, 6) is 2.18. The van der Waals surface area contributed by atoms with Crippen LogP contribution in [0.4, 0.5) is 11.4 Å². The molecule has 3 aromatic rings. The van der Waals surface area contributed by atoms with Crippen molar-refractivity contribution in [1.82, 2.24) is 9.97 Å². The summed E-state index contributed by atoms with van der Waals surface area (Å²) in [5, 5.41) is 0. The molecule has 212 valence electrons. The Morgan fingerprint density at radius 3 is 1.36 bits per heavy atom. The summed E-state index contributed by atoms with van der Waals surface area (Å²) in [5.41, 5.74) is 9.66. The van der Waals surface area contributed by atoms with Crippen molar-refractivity contribution in [2.75, 3.05) is 0 Å². The molecule has 39 heavy (non-hydrogen) atoms. The molecule has 0 unspecified atom stereocenters. The summed E-state index contributed by atoms with van der Waals surface area (Å²) in [6.45, 7) is 21.8. The first kappa shape index (κ1) is 33.2. The number of benzene rings is 2. The fraction of sp³-hybridized carbons (Fsp3) is 0.438. The molecule has 0 aliphatic carbocycles. The van der Waals surface area contributed by atoms with E-state index in [0.29, 0.717) is 29.5 Å². The van der Waals surface area contributed by atoms with E-state index in [-0.39, 0.29) is 13.1 Å².